The van der Waals surface area contributed by atoms with Crippen molar-refractivity contribution >= 4 is 18.1 Å². The number of rotatable bonds is 6. The van der Waals surface area contributed by atoms with E-state index in [1.54, 1.807) is 36.4 Å². The van der Waals surface area contributed by atoms with Crippen LogP contribution in [-0.2, 0) is 4.79 Å². The number of ether oxygens (including phenoxy) is 1. The third-order valence-corrected chi connectivity index (χ3v) is 2.56. The van der Waals surface area contributed by atoms with Crippen molar-refractivity contribution in [1.29, 1.82) is 0 Å². The van der Waals surface area contributed by atoms with Crippen LogP contribution in [0.4, 0.5) is 0 Å². The van der Waals surface area contributed by atoms with Gasteiger partial charge in [0.1, 0.15) is 5.75 Å². The number of carboxylic acid groups (broad SMARTS) is 1. The standard InChI is InChI=1S/C15H13N3O4/c19-14(20)10-22-13-3-1-11(2-4-13)9-17-18-15(21)12-5-7-16-8-6-12/h1-9H,10H2,(H,18,21)(H,19,20). The quantitative estimate of drug-likeness (QED) is 0.618. The molecule has 0 unspecified atom stereocenters. The van der Waals surface area contributed by atoms with E-state index in [2.05, 4.69) is 15.5 Å². The maximum atomic E-state index is 11.7. The largest absolute Gasteiger partial charge is 0.482 e. The summed E-state index contributed by atoms with van der Waals surface area (Å²) in [5.41, 5.74) is 3.59. The first-order chi connectivity index (χ1) is 10.6. The molecule has 1 heterocycles. The van der Waals surface area contributed by atoms with E-state index in [9.17, 15) is 9.59 Å². The zero-order valence-electron chi connectivity index (χ0n) is 11.5. The second kappa shape index (κ2) is 7.53. The van der Waals surface area contributed by atoms with E-state index < -0.39 is 12.6 Å². The van der Waals surface area contributed by atoms with Crippen LogP contribution in [0.3, 0.4) is 0 Å². The molecule has 0 spiro atoms. The molecule has 2 aromatic rings. The first kappa shape index (κ1) is 15.2. The first-order valence-corrected chi connectivity index (χ1v) is 6.33. The van der Waals surface area contributed by atoms with Crippen LogP contribution in [0.5, 0.6) is 5.75 Å². The highest BCUT2D eigenvalue weighted by atomic mass is 16.5. The van der Waals surface area contributed by atoms with Gasteiger partial charge in [-0.25, -0.2) is 10.2 Å². The van der Waals surface area contributed by atoms with Gasteiger partial charge in [-0.3, -0.25) is 9.78 Å². The first-order valence-electron chi connectivity index (χ1n) is 6.33. The minimum atomic E-state index is -1.04. The molecule has 0 aliphatic heterocycles. The Hall–Kier alpha value is -3.22. The fraction of sp³-hybridized carbons (Fsp3) is 0.0667. The van der Waals surface area contributed by atoms with Crippen LogP contribution in [0.15, 0.2) is 53.9 Å². The second-order valence-electron chi connectivity index (χ2n) is 4.19. The molecule has 0 atom stereocenters. The fourth-order valence-electron chi connectivity index (χ4n) is 1.53. The molecule has 0 saturated heterocycles. The number of aromatic nitrogens is 1. The topological polar surface area (TPSA) is 101 Å². The smallest absolute Gasteiger partial charge is 0.341 e. The Labute approximate surface area is 126 Å². The van der Waals surface area contributed by atoms with Gasteiger partial charge in [-0.05, 0) is 42.0 Å². The molecule has 1 aromatic carbocycles. The summed E-state index contributed by atoms with van der Waals surface area (Å²) in [6, 6.07) is 9.79. The van der Waals surface area contributed by atoms with Crippen LogP contribution in [0, 0.1) is 0 Å². The maximum Gasteiger partial charge on any atom is 0.341 e. The average molecular weight is 299 g/mol. The summed E-state index contributed by atoms with van der Waals surface area (Å²) in [7, 11) is 0. The van der Waals surface area contributed by atoms with Crippen LogP contribution in [0.2, 0.25) is 0 Å². The molecule has 0 radical (unpaired) electrons. The molecule has 0 aliphatic rings. The van der Waals surface area contributed by atoms with Gasteiger partial charge in [0.25, 0.3) is 5.91 Å². The molecule has 2 N–H and O–H groups in total. The minimum Gasteiger partial charge on any atom is -0.482 e. The van der Waals surface area contributed by atoms with E-state index in [1.165, 1.54) is 18.6 Å². The van der Waals surface area contributed by atoms with Gasteiger partial charge in [-0.15, -0.1) is 0 Å². The third-order valence-electron chi connectivity index (χ3n) is 2.56. The molecule has 7 heteroatoms. The molecule has 1 amide bonds. The van der Waals surface area contributed by atoms with E-state index in [0.717, 1.165) is 5.56 Å². The molecule has 0 fully saturated rings. The number of carboxylic acids is 1. The van der Waals surface area contributed by atoms with Crippen molar-refractivity contribution in [1.82, 2.24) is 10.4 Å². The summed E-state index contributed by atoms with van der Waals surface area (Å²) < 4.78 is 5.00. The van der Waals surface area contributed by atoms with E-state index in [1.807, 2.05) is 0 Å². The van der Waals surface area contributed by atoms with Gasteiger partial charge in [0, 0.05) is 18.0 Å². The Bertz CT molecular complexity index is 669. The van der Waals surface area contributed by atoms with E-state index in [-0.39, 0.29) is 5.91 Å². The van der Waals surface area contributed by atoms with Crippen molar-refractivity contribution in [2.24, 2.45) is 5.10 Å². The lowest BCUT2D eigenvalue weighted by Crippen LogP contribution is -2.17. The predicted molar refractivity (Wildman–Crippen MR) is 78.9 cm³/mol. The Morgan fingerprint density at radius 1 is 1.18 bits per heavy atom. The van der Waals surface area contributed by atoms with Crippen LogP contribution in [0.25, 0.3) is 0 Å². The molecule has 7 nitrogen and oxygen atoms in total. The van der Waals surface area contributed by atoms with Crippen molar-refractivity contribution < 1.29 is 19.4 Å². The number of benzene rings is 1. The molecular formula is C15H13N3O4. The van der Waals surface area contributed by atoms with Crippen molar-refractivity contribution in [3.8, 4) is 5.75 Å². The highest BCUT2D eigenvalue weighted by Crippen LogP contribution is 2.10. The van der Waals surface area contributed by atoms with Crippen molar-refractivity contribution in [2.75, 3.05) is 6.61 Å². The molecule has 0 aliphatic carbocycles. The number of hydrogen-bond acceptors (Lipinski definition) is 5. The summed E-state index contributed by atoms with van der Waals surface area (Å²) >= 11 is 0. The number of aliphatic carboxylic acids is 1. The number of amides is 1. The lowest BCUT2D eigenvalue weighted by Gasteiger charge is -2.02. The van der Waals surface area contributed by atoms with E-state index in [0.29, 0.717) is 11.3 Å². The number of carbonyl (C=O) groups is 2. The van der Waals surface area contributed by atoms with Gasteiger partial charge >= 0.3 is 5.97 Å². The highest BCUT2D eigenvalue weighted by Gasteiger charge is 2.02. The highest BCUT2D eigenvalue weighted by molar-refractivity contribution is 5.94. The lowest BCUT2D eigenvalue weighted by molar-refractivity contribution is -0.139. The zero-order valence-corrected chi connectivity index (χ0v) is 11.5. The fourth-order valence-corrected chi connectivity index (χ4v) is 1.53. The summed E-state index contributed by atoms with van der Waals surface area (Å²) in [4.78, 5) is 25.9. The van der Waals surface area contributed by atoms with Gasteiger partial charge < -0.3 is 9.84 Å². The van der Waals surface area contributed by atoms with Crippen LogP contribution >= 0.6 is 0 Å². The van der Waals surface area contributed by atoms with E-state index in [4.69, 9.17) is 9.84 Å². The van der Waals surface area contributed by atoms with Gasteiger partial charge in [-0.1, -0.05) is 0 Å². The van der Waals surface area contributed by atoms with Crippen LogP contribution < -0.4 is 10.2 Å². The number of hydrazone groups is 1. The number of pyridine rings is 1. The van der Waals surface area contributed by atoms with Gasteiger partial charge in [0.05, 0.1) is 6.21 Å². The van der Waals surface area contributed by atoms with Crippen molar-refractivity contribution in [3.63, 3.8) is 0 Å². The summed E-state index contributed by atoms with van der Waals surface area (Å²) in [5.74, 6) is -0.926. The Balaban J connectivity index is 1.88. The van der Waals surface area contributed by atoms with Gasteiger partial charge in [0.2, 0.25) is 0 Å². The molecule has 0 saturated carbocycles. The van der Waals surface area contributed by atoms with Gasteiger partial charge in [0.15, 0.2) is 6.61 Å². The zero-order chi connectivity index (χ0) is 15.8. The van der Waals surface area contributed by atoms with Crippen LogP contribution in [0.1, 0.15) is 15.9 Å². The minimum absolute atomic E-state index is 0.333. The molecule has 1 aromatic heterocycles. The van der Waals surface area contributed by atoms with Crippen LogP contribution in [-0.4, -0.2) is 34.8 Å². The summed E-state index contributed by atoms with van der Waals surface area (Å²) in [6.45, 7) is -0.393. The third kappa shape index (κ3) is 4.71. The lowest BCUT2D eigenvalue weighted by atomic mass is 10.2. The SMILES string of the molecule is O=C(O)COc1ccc(C=NNC(=O)c2ccncc2)cc1. The molecule has 2 rings (SSSR count). The molecule has 0 bridgehead atoms. The Morgan fingerprint density at radius 2 is 1.86 bits per heavy atom. The number of carbonyl (C=O) groups excluding carboxylic acids is 1. The summed E-state index contributed by atoms with van der Waals surface area (Å²) in [6.07, 6.45) is 4.52. The Kier molecular flexibility index (Phi) is 5.20. The number of hydrogen-bond donors (Lipinski definition) is 2. The predicted octanol–water partition coefficient (Wildman–Crippen LogP) is 1.31. The average Bonchev–Trinajstić information content (AvgIpc) is 2.55. The normalized spacial score (nSPS) is 10.4. The Morgan fingerprint density at radius 3 is 2.50 bits per heavy atom. The van der Waals surface area contributed by atoms with E-state index >= 15 is 0 Å². The monoisotopic (exact) mass is 299 g/mol. The number of nitrogens with one attached hydrogen (secondary N) is 1. The number of nitrogens with zero attached hydrogens (tertiary/aromatic N) is 2. The van der Waals surface area contributed by atoms with Gasteiger partial charge in [-0.2, -0.15) is 5.10 Å². The molecule has 22 heavy (non-hydrogen) atoms. The van der Waals surface area contributed by atoms with Crippen molar-refractivity contribution in [3.05, 3.63) is 59.9 Å². The molecule has 112 valence electrons. The van der Waals surface area contributed by atoms with Crippen molar-refractivity contribution in [2.45, 2.75) is 0 Å². The summed E-state index contributed by atoms with van der Waals surface area (Å²) in [5, 5.41) is 12.3. The second-order valence-corrected chi connectivity index (χ2v) is 4.19. The maximum absolute atomic E-state index is 11.7. The molecular weight excluding hydrogens is 286 g/mol.